The summed E-state index contributed by atoms with van der Waals surface area (Å²) in [7, 11) is 1.31. The third-order valence-corrected chi connectivity index (χ3v) is 9.53. The smallest absolute Gasteiger partial charge is 0.408 e. The minimum Gasteiger partial charge on any atom is -0.467 e. The highest BCUT2D eigenvalue weighted by Crippen LogP contribution is 2.54. The van der Waals surface area contributed by atoms with Crippen LogP contribution in [0.4, 0.5) is 4.79 Å². The number of nitrogens with one attached hydrogen (secondary N) is 3. The van der Waals surface area contributed by atoms with Gasteiger partial charge in [-0.25, -0.2) is 9.59 Å². The van der Waals surface area contributed by atoms with Crippen molar-refractivity contribution in [3.05, 3.63) is 36.0 Å². The zero-order chi connectivity index (χ0) is 26.9. The van der Waals surface area contributed by atoms with Crippen LogP contribution in [0.5, 0.6) is 0 Å². The van der Waals surface area contributed by atoms with Gasteiger partial charge in [-0.15, -0.1) is 0 Å². The minimum atomic E-state index is -1.35. The lowest BCUT2D eigenvalue weighted by Gasteiger charge is -2.53. The monoisotopic (exact) mass is 541 g/mol. The Hall–Kier alpha value is -2.68. The Balaban J connectivity index is 1.35. The number of hydrogen-bond acceptors (Lipinski definition) is 6. The molecule has 0 spiro atoms. The lowest BCUT2D eigenvalue weighted by Crippen LogP contribution is -2.61. The van der Waals surface area contributed by atoms with Gasteiger partial charge in [0.15, 0.2) is 0 Å². The highest BCUT2D eigenvalue weighted by Gasteiger charge is 2.50. The lowest BCUT2D eigenvalue weighted by atomic mass is 9.55. The molecule has 3 N–H and O–H groups in total. The van der Waals surface area contributed by atoms with Gasteiger partial charge in [0.1, 0.15) is 17.7 Å². The molecule has 2 atom stereocenters. The number of para-hydroxylation sites is 1. The molecule has 38 heavy (non-hydrogen) atoms. The van der Waals surface area contributed by atoms with Crippen molar-refractivity contribution in [2.45, 2.75) is 69.6 Å². The fourth-order valence-corrected chi connectivity index (χ4v) is 7.70. The average molecular weight is 542 g/mol. The first-order valence-electron chi connectivity index (χ1n) is 13.7. The normalized spacial score (nSPS) is 27.9. The number of alkyl carbamates (subject to hydrolysis) is 1. The lowest BCUT2D eigenvalue weighted by molar-refractivity contribution is -0.146. The predicted octanol–water partition coefficient (Wildman–Crippen LogP) is 4.43. The largest absolute Gasteiger partial charge is 0.467 e. The Kier molecular flexibility index (Phi) is 7.93. The van der Waals surface area contributed by atoms with Crippen LogP contribution in [0.25, 0.3) is 10.9 Å². The summed E-state index contributed by atoms with van der Waals surface area (Å²) in [6.07, 6.45) is 9.67. The number of fused-ring (bicyclic) bond motifs is 1. The van der Waals surface area contributed by atoms with E-state index in [0.717, 1.165) is 54.0 Å². The van der Waals surface area contributed by atoms with E-state index in [1.165, 1.54) is 13.5 Å². The second-order valence-electron chi connectivity index (χ2n) is 11.6. The number of hydrogen-bond donors (Lipinski definition) is 3. The van der Waals surface area contributed by atoms with Gasteiger partial charge in [0.05, 0.1) is 7.11 Å². The van der Waals surface area contributed by atoms with Crippen LogP contribution >= 0.6 is 11.8 Å². The number of rotatable bonds is 10. The Morgan fingerprint density at radius 1 is 1.11 bits per heavy atom. The molecule has 6 rings (SSSR count). The second-order valence-corrected chi connectivity index (χ2v) is 12.6. The predicted molar refractivity (Wildman–Crippen MR) is 148 cm³/mol. The summed E-state index contributed by atoms with van der Waals surface area (Å²) in [5.74, 6) is 2.12. The molecule has 1 aromatic carbocycles. The van der Waals surface area contributed by atoms with Gasteiger partial charge in [-0.2, -0.15) is 11.8 Å². The molecule has 2 amide bonds. The van der Waals surface area contributed by atoms with Gasteiger partial charge < -0.3 is 25.1 Å². The summed E-state index contributed by atoms with van der Waals surface area (Å²) in [6.45, 7) is 1.70. The van der Waals surface area contributed by atoms with Gasteiger partial charge in [-0.3, -0.25) is 4.79 Å². The number of esters is 1. The van der Waals surface area contributed by atoms with Crippen LogP contribution in [0.1, 0.15) is 51.0 Å². The molecule has 2 aromatic rings. The third kappa shape index (κ3) is 5.53. The maximum Gasteiger partial charge on any atom is 0.408 e. The number of carbonyl (C=O) groups excluding carboxylic acids is 3. The van der Waals surface area contributed by atoms with Crippen LogP contribution in [0.2, 0.25) is 0 Å². The first-order chi connectivity index (χ1) is 18.3. The fraction of sp³-hybridized carbons (Fsp3) is 0.621. The summed E-state index contributed by atoms with van der Waals surface area (Å²) in [6, 6.07) is 7.05. The van der Waals surface area contributed by atoms with Gasteiger partial charge >= 0.3 is 12.1 Å². The van der Waals surface area contributed by atoms with E-state index in [4.69, 9.17) is 9.47 Å². The van der Waals surface area contributed by atoms with E-state index in [2.05, 4.69) is 15.6 Å². The number of ether oxygens (including phenoxy) is 2. The molecule has 2 unspecified atom stereocenters. The Morgan fingerprint density at radius 3 is 2.45 bits per heavy atom. The Labute approximate surface area is 228 Å². The van der Waals surface area contributed by atoms with E-state index >= 15 is 0 Å². The van der Waals surface area contributed by atoms with E-state index in [-0.39, 0.29) is 12.5 Å². The molecular formula is C29H39N3O5S. The average Bonchev–Trinajstić information content (AvgIpc) is 3.30. The summed E-state index contributed by atoms with van der Waals surface area (Å²) >= 11 is 1.59. The molecule has 9 heteroatoms. The first-order valence-corrected chi connectivity index (χ1v) is 15.1. The minimum absolute atomic E-state index is 0.0902. The molecule has 206 valence electrons. The molecule has 0 radical (unpaired) electrons. The number of thioether (sulfide) groups is 1. The third-order valence-electron chi connectivity index (χ3n) is 8.88. The Morgan fingerprint density at radius 2 is 1.79 bits per heavy atom. The van der Waals surface area contributed by atoms with Crippen molar-refractivity contribution in [3.8, 4) is 0 Å². The number of methoxy groups -OCH3 is 1. The zero-order valence-electron chi connectivity index (χ0n) is 22.5. The van der Waals surface area contributed by atoms with Crippen LogP contribution in [-0.4, -0.2) is 59.8 Å². The quantitative estimate of drug-likeness (QED) is 0.384. The highest BCUT2D eigenvalue weighted by molar-refractivity contribution is 7.98. The molecule has 4 aliphatic carbocycles. The molecule has 4 fully saturated rings. The summed E-state index contributed by atoms with van der Waals surface area (Å²) in [5, 5.41) is 6.77. The Bertz CT molecular complexity index is 1150. The number of aromatic amines is 1. The molecule has 0 aliphatic heterocycles. The van der Waals surface area contributed by atoms with Gasteiger partial charge in [-0.05, 0) is 92.8 Å². The fourth-order valence-electron chi connectivity index (χ4n) is 7.23. The number of benzene rings is 1. The molecule has 1 heterocycles. The maximum atomic E-state index is 13.8. The van der Waals surface area contributed by atoms with E-state index in [1.807, 2.05) is 36.7 Å². The topological polar surface area (TPSA) is 110 Å². The van der Waals surface area contributed by atoms with E-state index in [0.29, 0.717) is 24.0 Å². The SMILES string of the molecule is COC(=O)C(CCSC)NC(=O)C(C)(Cc1c[nH]c2ccccc12)NC(=O)OC1C2CC3CC(C2)CC1C3. The molecule has 4 saturated carbocycles. The molecule has 4 aliphatic rings. The number of carbonyl (C=O) groups is 3. The second kappa shape index (κ2) is 11.2. The summed E-state index contributed by atoms with van der Waals surface area (Å²) in [4.78, 5) is 42.8. The van der Waals surface area contributed by atoms with Gasteiger partial charge in [0.2, 0.25) is 5.91 Å². The molecule has 0 saturated heterocycles. The number of amides is 2. The van der Waals surface area contributed by atoms with Crippen molar-refractivity contribution >= 4 is 40.6 Å². The maximum absolute atomic E-state index is 13.8. The molecule has 1 aromatic heterocycles. The van der Waals surface area contributed by atoms with Crippen molar-refractivity contribution in [3.63, 3.8) is 0 Å². The van der Waals surface area contributed by atoms with Crippen molar-refractivity contribution in [1.29, 1.82) is 0 Å². The van der Waals surface area contributed by atoms with Gasteiger partial charge in [-0.1, -0.05) is 18.2 Å². The standard InChI is InChI=1S/C29H39N3O5S/c1-29(15-21-16-30-23-7-5-4-6-22(21)23,27(34)31-24(8-9-38-3)26(33)36-2)32-28(35)37-25-19-11-17-10-18(13-19)14-20(25)12-17/h4-7,16-20,24-25,30H,8-15H2,1-3H3,(H,31,34)(H,32,35). The number of H-pyrrole nitrogens is 1. The van der Waals surface area contributed by atoms with E-state index in [9.17, 15) is 14.4 Å². The summed E-state index contributed by atoms with van der Waals surface area (Å²) in [5.41, 5.74) is 0.500. The number of aromatic nitrogens is 1. The van der Waals surface area contributed by atoms with Crippen LogP contribution in [-0.2, 0) is 25.5 Å². The van der Waals surface area contributed by atoms with Crippen molar-refractivity contribution in [1.82, 2.24) is 15.6 Å². The van der Waals surface area contributed by atoms with Crippen molar-refractivity contribution in [2.75, 3.05) is 19.1 Å². The van der Waals surface area contributed by atoms with E-state index < -0.39 is 29.6 Å². The van der Waals surface area contributed by atoms with Crippen molar-refractivity contribution in [2.24, 2.45) is 23.7 Å². The molecule has 8 nitrogen and oxygen atoms in total. The first kappa shape index (κ1) is 26.9. The van der Waals surface area contributed by atoms with E-state index in [1.54, 1.807) is 18.7 Å². The molecule has 4 bridgehead atoms. The van der Waals surface area contributed by atoms with Crippen LogP contribution in [0.3, 0.4) is 0 Å². The van der Waals surface area contributed by atoms with Crippen LogP contribution in [0.15, 0.2) is 30.5 Å². The highest BCUT2D eigenvalue weighted by atomic mass is 32.2. The van der Waals surface area contributed by atoms with Crippen molar-refractivity contribution < 1.29 is 23.9 Å². The van der Waals surface area contributed by atoms with Gasteiger partial charge in [0.25, 0.3) is 0 Å². The molecular weight excluding hydrogens is 502 g/mol. The zero-order valence-corrected chi connectivity index (χ0v) is 23.3. The summed E-state index contributed by atoms with van der Waals surface area (Å²) < 4.78 is 11.0. The van der Waals surface area contributed by atoms with Crippen LogP contribution in [0, 0.1) is 23.7 Å². The van der Waals surface area contributed by atoms with Crippen LogP contribution < -0.4 is 10.6 Å². The van der Waals surface area contributed by atoms with Gasteiger partial charge in [0, 0.05) is 23.5 Å².